The van der Waals surface area contributed by atoms with Gasteiger partial charge in [-0.25, -0.2) is 4.98 Å². The minimum Gasteiger partial charge on any atom is -0.439 e. The topological polar surface area (TPSA) is 115 Å². The largest absolute Gasteiger partial charge is 0.439 e. The molecule has 3 aromatic rings. The predicted molar refractivity (Wildman–Crippen MR) is 88.1 cm³/mol. The van der Waals surface area contributed by atoms with Crippen molar-refractivity contribution in [3.8, 4) is 17.4 Å². The average molecular weight is 357 g/mol. The molecule has 0 saturated carbocycles. The fraction of sp³-hybridized carbons (Fsp3) is 0.0625. The number of nitro groups is 1. The van der Waals surface area contributed by atoms with Crippen LogP contribution >= 0.6 is 11.6 Å². The number of halogens is 1. The Balaban J connectivity index is 1.96. The first-order valence-corrected chi connectivity index (χ1v) is 7.35. The highest BCUT2D eigenvalue weighted by Crippen LogP contribution is 2.23. The third kappa shape index (κ3) is 3.41. The Labute approximate surface area is 145 Å². The van der Waals surface area contributed by atoms with E-state index in [1.165, 1.54) is 6.20 Å². The summed E-state index contributed by atoms with van der Waals surface area (Å²) in [5, 5.41) is 20.4. The van der Waals surface area contributed by atoms with Crippen molar-refractivity contribution >= 4 is 17.3 Å². The molecule has 2 heterocycles. The maximum Gasteiger partial charge on any atom is 0.287 e. The third-order valence-corrected chi connectivity index (χ3v) is 3.61. The standard InChI is InChI=1S/C16H9ClN4O4/c17-12-3-1-2-10(4-12)14-7-19-15(25-14)9-20-8-13(21(23)24)5-11(6-18)16(20)22/h1-5,7-8H,9H2. The molecule has 0 amide bonds. The Morgan fingerprint density at radius 3 is 2.88 bits per heavy atom. The molecule has 2 aromatic heterocycles. The van der Waals surface area contributed by atoms with Crippen molar-refractivity contribution in [2.24, 2.45) is 0 Å². The Morgan fingerprint density at radius 2 is 2.20 bits per heavy atom. The van der Waals surface area contributed by atoms with Crippen molar-refractivity contribution in [2.75, 3.05) is 0 Å². The lowest BCUT2D eigenvalue weighted by molar-refractivity contribution is -0.385. The zero-order chi connectivity index (χ0) is 18.0. The summed E-state index contributed by atoms with van der Waals surface area (Å²) >= 11 is 5.93. The number of hydrogen-bond acceptors (Lipinski definition) is 6. The molecule has 8 nitrogen and oxygen atoms in total. The molecular weight excluding hydrogens is 348 g/mol. The number of nitrogens with zero attached hydrogens (tertiary/aromatic N) is 4. The molecule has 0 radical (unpaired) electrons. The van der Waals surface area contributed by atoms with Crippen LogP contribution < -0.4 is 5.56 Å². The van der Waals surface area contributed by atoms with Crippen LogP contribution in [0.25, 0.3) is 11.3 Å². The molecule has 0 aliphatic heterocycles. The van der Waals surface area contributed by atoms with Crippen molar-refractivity contribution in [1.29, 1.82) is 5.26 Å². The van der Waals surface area contributed by atoms with Gasteiger partial charge in [-0.1, -0.05) is 23.7 Å². The van der Waals surface area contributed by atoms with Crippen LogP contribution in [0.3, 0.4) is 0 Å². The summed E-state index contributed by atoms with van der Waals surface area (Å²) in [7, 11) is 0. The van der Waals surface area contributed by atoms with Gasteiger partial charge in [-0.05, 0) is 12.1 Å². The molecule has 9 heteroatoms. The van der Waals surface area contributed by atoms with Gasteiger partial charge in [0.15, 0.2) is 5.76 Å². The lowest BCUT2D eigenvalue weighted by Gasteiger charge is -2.03. The Morgan fingerprint density at radius 1 is 1.40 bits per heavy atom. The van der Waals surface area contributed by atoms with E-state index in [1.54, 1.807) is 30.3 Å². The lowest BCUT2D eigenvalue weighted by Crippen LogP contribution is -2.23. The molecule has 0 N–H and O–H groups in total. The van der Waals surface area contributed by atoms with E-state index in [1.807, 2.05) is 0 Å². The molecule has 0 fully saturated rings. The van der Waals surface area contributed by atoms with Gasteiger partial charge < -0.3 is 4.42 Å². The van der Waals surface area contributed by atoms with Gasteiger partial charge in [0, 0.05) is 16.7 Å². The van der Waals surface area contributed by atoms with Gasteiger partial charge in [0.05, 0.1) is 17.3 Å². The van der Waals surface area contributed by atoms with Crippen LogP contribution in [0.15, 0.2) is 51.9 Å². The van der Waals surface area contributed by atoms with E-state index in [4.69, 9.17) is 21.3 Å². The SMILES string of the molecule is N#Cc1cc([N+](=O)[O-])cn(Cc2ncc(-c3cccc(Cl)c3)o2)c1=O. The van der Waals surface area contributed by atoms with E-state index in [0.29, 0.717) is 16.3 Å². The quantitative estimate of drug-likeness (QED) is 0.524. The van der Waals surface area contributed by atoms with Gasteiger partial charge in [-0.2, -0.15) is 5.26 Å². The van der Waals surface area contributed by atoms with E-state index >= 15 is 0 Å². The van der Waals surface area contributed by atoms with E-state index in [9.17, 15) is 14.9 Å². The monoisotopic (exact) mass is 356 g/mol. The molecule has 25 heavy (non-hydrogen) atoms. The summed E-state index contributed by atoms with van der Waals surface area (Å²) in [4.78, 5) is 26.5. The fourth-order valence-corrected chi connectivity index (χ4v) is 2.41. The van der Waals surface area contributed by atoms with Gasteiger partial charge in [0.25, 0.3) is 11.2 Å². The van der Waals surface area contributed by atoms with Crippen LogP contribution in [0.2, 0.25) is 5.02 Å². The van der Waals surface area contributed by atoms with E-state index in [-0.39, 0.29) is 23.7 Å². The van der Waals surface area contributed by atoms with Crippen LogP contribution in [-0.2, 0) is 6.54 Å². The van der Waals surface area contributed by atoms with Crippen molar-refractivity contribution in [2.45, 2.75) is 6.54 Å². The van der Waals surface area contributed by atoms with E-state index in [0.717, 1.165) is 16.8 Å². The van der Waals surface area contributed by atoms with Gasteiger partial charge in [0.1, 0.15) is 18.2 Å². The molecule has 124 valence electrons. The van der Waals surface area contributed by atoms with Crippen molar-refractivity contribution in [3.63, 3.8) is 0 Å². The molecule has 0 bridgehead atoms. The van der Waals surface area contributed by atoms with Crippen LogP contribution in [0, 0.1) is 21.4 Å². The summed E-state index contributed by atoms with van der Waals surface area (Å²) in [6, 6.07) is 9.53. The van der Waals surface area contributed by atoms with E-state index < -0.39 is 10.5 Å². The van der Waals surface area contributed by atoms with Gasteiger partial charge in [0.2, 0.25) is 5.89 Å². The fourth-order valence-electron chi connectivity index (χ4n) is 2.22. The summed E-state index contributed by atoms with van der Waals surface area (Å²) in [5.74, 6) is 0.609. The second-order valence-electron chi connectivity index (χ2n) is 5.04. The molecule has 1 aromatic carbocycles. The highest BCUT2D eigenvalue weighted by atomic mass is 35.5. The number of pyridine rings is 1. The zero-order valence-corrected chi connectivity index (χ0v) is 13.3. The summed E-state index contributed by atoms with van der Waals surface area (Å²) in [6.07, 6.45) is 2.51. The molecule has 0 saturated heterocycles. The van der Waals surface area contributed by atoms with Crippen molar-refractivity contribution in [1.82, 2.24) is 9.55 Å². The number of rotatable bonds is 4. The van der Waals surface area contributed by atoms with Crippen LogP contribution in [-0.4, -0.2) is 14.5 Å². The molecule has 0 spiro atoms. The van der Waals surface area contributed by atoms with Gasteiger partial charge in [-0.15, -0.1) is 0 Å². The minimum absolute atomic E-state index is 0.143. The lowest BCUT2D eigenvalue weighted by atomic mass is 10.2. The third-order valence-electron chi connectivity index (χ3n) is 3.37. The molecule has 0 aliphatic rings. The second-order valence-corrected chi connectivity index (χ2v) is 5.48. The minimum atomic E-state index is -0.677. The van der Waals surface area contributed by atoms with Crippen LogP contribution in [0.4, 0.5) is 5.69 Å². The Bertz CT molecular complexity index is 1060. The molecule has 0 atom stereocenters. The summed E-state index contributed by atoms with van der Waals surface area (Å²) in [6.45, 7) is -0.143. The second kappa shape index (κ2) is 6.59. The highest BCUT2D eigenvalue weighted by Gasteiger charge is 2.15. The number of nitriles is 1. The first kappa shape index (κ1) is 16.4. The van der Waals surface area contributed by atoms with Crippen LogP contribution in [0.5, 0.6) is 0 Å². The number of benzene rings is 1. The zero-order valence-electron chi connectivity index (χ0n) is 12.5. The van der Waals surface area contributed by atoms with E-state index in [2.05, 4.69) is 4.98 Å². The highest BCUT2D eigenvalue weighted by molar-refractivity contribution is 6.30. The molecular formula is C16H9ClN4O4. The van der Waals surface area contributed by atoms with Crippen molar-refractivity contribution in [3.05, 3.63) is 79.7 Å². The molecule has 0 aliphatic carbocycles. The van der Waals surface area contributed by atoms with Gasteiger partial charge in [-0.3, -0.25) is 19.5 Å². The predicted octanol–water partition coefficient (Wildman–Crippen LogP) is 2.98. The normalized spacial score (nSPS) is 10.4. The Hall–Kier alpha value is -3.44. The number of oxazole rings is 1. The maximum atomic E-state index is 12.1. The van der Waals surface area contributed by atoms with Gasteiger partial charge >= 0.3 is 0 Å². The first-order valence-electron chi connectivity index (χ1n) is 6.97. The molecule has 3 rings (SSSR count). The summed E-state index contributed by atoms with van der Waals surface area (Å²) in [5.41, 5.74) is -0.639. The number of hydrogen-bond donors (Lipinski definition) is 0. The average Bonchev–Trinajstić information content (AvgIpc) is 3.05. The first-order chi connectivity index (χ1) is 12.0. The maximum absolute atomic E-state index is 12.1. The molecule has 0 unspecified atom stereocenters. The Kier molecular flexibility index (Phi) is 4.33. The smallest absolute Gasteiger partial charge is 0.287 e. The van der Waals surface area contributed by atoms with Crippen molar-refractivity contribution < 1.29 is 9.34 Å². The summed E-state index contributed by atoms with van der Waals surface area (Å²) < 4.78 is 6.59. The number of aromatic nitrogens is 2. The van der Waals surface area contributed by atoms with Crippen LogP contribution in [0.1, 0.15) is 11.5 Å².